The molecule has 86 heavy (non-hydrogen) atoms. The van der Waals surface area contributed by atoms with E-state index in [1.807, 2.05) is 0 Å². The Labute approximate surface area is 515 Å². The lowest BCUT2D eigenvalue weighted by Gasteiger charge is -2.47. The second kappa shape index (κ2) is 18.5. The minimum Gasteiger partial charge on any atom is -0.311 e. The van der Waals surface area contributed by atoms with Crippen LogP contribution in [0.2, 0.25) is 0 Å². The van der Waals surface area contributed by atoms with E-state index in [2.05, 4.69) is 291 Å². The highest BCUT2D eigenvalue weighted by Gasteiger charge is 2.54. The zero-order valence-corrected chi connectivity index (χ0v) is 53.4. The van der Waals surface area contributed by atoms with Crippen molar-refractivity contribution in [2.24, 2.45) is 0 Å². The maximum absolute atomic E-state index is 2.77. The summed E-state index contributed by atoms with van der Waals surface area (Å²) in [6, 6.07) is 70.7. The topological polar surface area (TPSA) is 9.72 Å². The molecule has 16 rings (SSSR count). The molecule has 9 aromatic carbocycles. The minimum atomic E-state index is -0.0173. The van der Waals surface area contributed by atoms with Crippen molar-refractivity contribution in [3.63, 3.8) is 0 Å². The summed E-state index contributed by atoms with van der Waals surface area (Å²) in [4.78, 5) is 7.92. The zero-order chi connectivity index (χ0) is 59.2. The predicted octanol–water partition coefficient (Wildman–Crippen LogP) is 20.8. The molecule has 0 spiro atoms. The van der Waals surface area contributed by atoms with Gasteiger partial charge in [-0.3, -0.25) is 0 Å². The first-order chi connectivity index (χ1) is 41.1. The molecule has 2 unspecified atom stereocenters. The molecule has 0 radical (unpaired) electrons. The maximum Gasteiger partial charge on any atom is 0.254 e. The van der Waals surface area contributed by atoms with E-state index in [4.69, 9.17) is 0 Å². The van der Waals surface area contributed by atoms with Crippen LogP contribution in [0.1, 0.15) is 159 Å². The summed E-state index contributed by atoms with van der Waals surface area (Å²) in [6.07, 6.45) is 8.42. The molecule has 3 nitrogen and oxygen atoms in total. The normalized spacial score (nSPS) is 21.1. The summed E-state index contributed by atoms with van der Waals surface area (Å²) in [5.41, 5.74) is 31.3. The van der Waals surface area contributed by atoms with Crippen molar-refractivity contribution in [3.05, 3.63) is 226 Å². The number of para-hydroxylation sites is 2. The van der Waals surface area contributed by atoms with E-state index < -0.39 is 0 Å². The average molecular weight is 1140 g/mol. The highest BCUT2D eigenvalue weighted by molar-refractivity contribution is 7.26. The van der Waals surface area contributed by atoms with Crippen LogP contribution < -0.4 is 31.1 Å². The van der Waals surface area contributed by atoms with Crippen LogP contribution in [0.5, 0.6) is 0 Å². The SMILES string of the molecule is Cc1cc(-c2ccccc2)cc(C)c1N1c2cc3c(cc2B2c4c(cc(-c5ccc(N(c6ccccc6)c6ccccc6)cc5)cc41)N(c1ccc4c(c1)C(C)(C)CCC4(C)C)c1sc4cc5c(cc4c12)C1(C)CCC5(C)C1)C(C)(C)CCC3(C)C. The van der Waals surface area contributed by atoms with Gasteiger partial charge in [0, 0.05) is 44.5 Å². The first-order valence-electron chi connectivity index (χ1n) is 32.0. The number of thiophene rings is 1. The Hall–Kier alpha value is -7.60. The van der Waals surface area contributed by atoms with Crippen molar-refractivity contribution < 1.29 is 0 Å². The van der Waals surface area contributed by atoms with Crippen LogP contribution in [0.15, 0.2) is 182 Å². The van der Waals surface area contributed by atoms with Gasteiger partial charge in [-0.1, -0.05) is 160 Å². The van der Waals surface area contributed by atoms with Gasteiger partial charge in [-0.25, -0.2) is 0 Å². The summed E-state index contributed by atoms with van der Waals surface area (Å²) < 4.78 is 1.42. The van der Waals surface area contributed by atoms with Crippen LogP contribution in [-0.4, -0.2) is 6.71 Å². The molecule has 2 bridgehead atoms. The number of benzene rings is 9. The van der Waals surface area contributed by atoms with Crippen LogP contribution in [-0.2, 0) is 32.5 Å². The molecular formula is C81H80BN3S. The fraction of sp³-hybridized carbons (Fsp3) is 0.309. The van der Waals surface area contributed by atoms with E-state index in [1.54, 1.807) is 11.1 Å². The fourth-order valence-corrected chi connectivity index (χ4v) is 18.9. The molecule has 1 fully saturated rings. The summed E-state index contributed by atoms with van der Waals surface area (Å²) in [6.45, 7) is 29.9. The van der Waals surface area contributed by atoms with E-state index in [0.717, 1.165) is 36.3 Å². The smallest absolute Gasteiger partial charge is 0.254 e. The Morgan fingerprint density at radius 2 is 0.884 bits per heavy atom. The Bertz CT molecular complexity index is 4390. The maximum atomic E-state index is 2.77. The third-order valence-electron chi connectivity index (χ3n) is 22.5. The van der Waals surface area contributed by atoms with Crippen molar-refractivity contribution in [1.82, 2.24) is 0 Å². The van der Waals surface area contributed by atoms with Gasteiger partial charge in [0.2, 0.25) is 0 Å². The number of hydrogen-bond donors (Lipinski definition) is 0. The number of hydrogen-bond acceptors (Lipinski definition) is 4. The molecule has 3 heterocycles. The zero-order valence-electron chi connectivity index (χ0n) is 52.6. The lowest BCUT2D eigenvalue weighted by Crippen LogP contribution is -2.61. The molecule has 1 saturated carbocycles. The van der Waals surface area contributed by atoms with Gasteiger partial charge in [-0.05, 0) is 271 Å². The van der Waals surface area contributed by atoms with Gasteiger partial charge in [0.15, 0.2) is 0 Å². The van der Waals surface area contributed by atoms with E-state index in [0.29, 0.717) is 0 Å². The highest BCUT2D eigenvalue weighted by Crippen LogP contribution is 2.62. The predicted molar refractivity (Wildman–Crippen MR) is 370 cm³/mol. The van der Waals surface area contributed by atoms with Gasteiger partial charge in [-0.2, -0.15) is 0 Å². The number of anilines is 9. The van der Waals surface area contributed by atoms with E-state index in [-0.39, 0.29) is 39.2 Å². The molecule has 10 aromatic rings. The molecule has 0 N–H and O–H groups in total. The Morgan fingerprint density at radius 3 is 1.48 bits per heavy atom. The summed E-state index contributed by atoms with van der Waals surface area (Å²) >= 11 is 2.06. The van der Waals surface area contributed by atoms with Gasteiger partial charge in [0.1, 0.15) is 0 Å². The molecule has 428 valence electrons. The minimum absolute atomic E-state index is 0.000953. The van der Waals surface area contributed by atoms with Gasteiger partial charge in [-0.15, -0.1) is 11.3 Å². The lowest BCUT2D eigenvalue weighted by atomic mass is 9.33. The number of aryl methyl sites for hydroxylation is 2. The molecule has 4 aliphatic carbocycles. The van der Waals surface area contributed by atoms with Crippen LogP contribution in [0.3, 0.4) is 0 Å². The monoisotopic (exact) mass is 1140 g/mol. The van der Waals surface area contributed by atoms with Gasteiger partial charge in [0.05, 0.1) is 10.7 Å². The Kier molecular flexibility index (Phi) is 11.6. The molecular weight excluding hydrogens is 1060 g/mol. The number of fused-ring (bicyclic) bond motifs is 13. The third kappa shape index (κ3) is 7.91. The molecule has 2 aliphatic heterocycles. The summed E-state index contributed by atoms with van der Waals surface area (Å²) in [5, 5.41) is 2.82. The third-order valence-corrected chi connectivity index (χ3v) is 23.7. The standard InChI is InChI=1S/C81H80BN3S/c1-50-40-54(52-22-16-13-17-23-52)41-51(2)74(50)85-68-47-64-63(78(7,8)36-37-79(64,9)10)46-67(68)82-72-60-45-65-66(81(12)39-38-80(65,11)49-81)48-71(60)86-75(72)84(59-32-33-61-62(44-59)77(5,6)35-34-76(61,3)4)69-42-55(43-70(85)73(69)82)53-28-30-58(31-29-53)83(56-24-18-14-19-25-56)57-26-20-15-21-27-57/h13-33,40-48H,34-39,49H2,1-12H3. The Morgan fingerprint density at radius 1 is 0.395 bits per heavy atom. The highest BCUT2D eigenvalue weighted by atomic mass is 32.1. The largest absolute Gasteiger partial charge is 0.311 e. The molecule has 6 aliphatic rings. The Balaban J connectivity index is 1.02. The van der Waals surface area contributed by atoms with Gasteiger partial charge >= 0.3 is 0 Å². The molecule has 2 atom stereocenters. The van der Waals surface area contributed by atoms with Crippen molar-refractivity contribution in [2.75, 3.05) is 14.7 Å². The van der Waals surface area contributed by atoms with E-state index in [1.165, 1.54) is 141 Å². The van der Waals surface area contributed by atoms with Gasteiger partial charge < -0.3 is 14.7 Å². The molecule has 1 aromatic heterocycles. The fourth-order valence-electron chi connectivity index (χ4n) is 17.6. The van der Waals surface area contributed by atoms with Crippen molar-refractivity contribution in [2.45, 2.75) is 161 Å². The lowest BCUT2D eigenvalue weighted by molar-refractivity contribution is 0.332. The average Bonchev–Trinajstić information content (AvgIpc) is 1.26. The van der Waals surface area contributed by atoms with Crippen molar-refractivity contribution >= 4 is 95.0 Å². The van der Waals surface area contributed by atoms with E-state index >= 15 is 0 Å². The van der Waals surface area contributed by atoms with Crippen LogP contribution >= 0.6 is 11.3 Å². The van der Waals surface area contributed by atoms with Gasteiger partial charge in [0.25, 0.3) is 6.71 Å². The quantitative estimate of drug-likeness (QED) is 0.147. The summed E-state index contributed by atoms with van der Waals surface area (Å²) in [5.74, 6) is 0. The molecule has 5 heteroatoms. The number of rotatable bonds is 7. The second-order valence-electron chi connectivity index (χ2n) is 30.1. The van der Waals surface area contributed by atoms with E-state index in [9.17, 15) is 0 Å². The first-order valence-corrected chi connectivity index (χ1v) is 32.8. The van der Waals surface area contributed by atoms with Crippen molar-refractivity contribution in [3.8, 4) is 22.3 Å². The van der Waals surface area contributed by atoms with Crippen LogP contribution in [0.25, 0.3) is 32.3 Å². The molecule has 0 saturated heterocycles. The van der Waals surface area contributed by atoms with Crippen LogP contribution in [0.4, 0.5) is 50.5 Å². The summed E-state index contributed by atoms with van der Waals surface area (Å²) in [7, 11) is 0. The number of nitrogens with zero attached hydrogens (tertiary/aromatic N) is 3. The second-order valence-corrected chi connectivity index (χ2v) is 31.2. The molecule has 0 amide bonds. The van der Waals surface area contributed by atoms with Crippen LogP contribution in [0, 0.1) is 13.8 Å². The van der Waals surface area contributed by atoms with Crippen molar-refractivity contribution in [1.29, 1.82) is 0 Å². The first kappa shape index (κ1) is 53.8.